The second-order valence-corrected chi connectivity index (χ2v) is 12.9. The summed E-state index contributed by atoms with van der Waals surface area (Å²) in [6.07, 6.45) is 1.83. The number of rotatable bonds is 11. The van der Waals surface area contributed by atoms with Gasteiger partial charge in [0.2, 0.25) is 5.91 Å². The zero-order chi connectivity index (χ0) is 36.8. The summed E-state index contributed by atoms with van der Waals surface area (Å²) in [5.74, 6) is -2.17. The van der Waals surface area contributed by atoms with Crippen molar-refractivity contribution in [2.75, 3.05) is 10.6 Å². The summed E-state index contributed by atoms with van der Waals surface area (Å²) in [7, 11) is 0. The average molecular weight is 711 g/mol. The smallest absolute Gasteiger partial charge is 0.272 e. The van der Waals surface area contributed by atoms with Gasteiger partial charge in [0.25, 0.3) is 17.5 Å². The quantitative estimate of drug-likeness (QED) is 0.0546. The van der Waals surface area contributed by atoms with Crippen LogP contribution in [0.2, 0.25) is 0 Å². The molecule has 3 N–H and O–H groups in total. The van der Waals surface area contributed by atoms with E-state index in [0.29, 0.717) is 33.7 Å². The molecule has 1 atom stereocenters. The number of ketones is 2. The largest absolute Gasteiger partial charge is 0.324 e. The third-order valence-electron chi connectivity index (χ3n) is 8.19. The maximum atomic E-state index is 13.6. The first-order valence-corrected chi connectivity index (χ1v) is 17.0. The van der Waals surface area contributed by atoms with Crippen LogP contribution in [0.15, 0.2) is 132 Å². The Balaban J connectivity index is 1.19. The highest BCUT2D eigenvalue weighted by atomic mass is 32.2. The Bertz CT molecular complexity index is 2270. The molecule has 12 heteroatoms. The van der Waals surface area contributed by atoms with Crippen LogP contribution in [-0.2, 0) is 9.59 Å². The molecule has 0 saturated heterocycles. The van der Waals surface area contributed by atoms with Crippen molar-refractivity contribution in [2.24, 2.45) is 0 Å². The highest BCUT2D eigenvalue weighted by Crippen LogP contribution is 2.34. The molecule has 5 aromatic rings. The van der Waals surface area contributed by atoms with Crippen LogP contribution in [-0.4, -0.2) is 39.5 Å². The van der Waals surface area contributed by atoms with Crippen molar-refractivity contribution in [3.63, 3.8) is 0 Å². The molecule has 1 unspecified atom stereocenters. The van der Waals surface area contributed by atoms with Crippen molar-refractivity contribution in [3.05, 3.63) is 171 Å². The minimum absolute atomic E-state index is 0.103. The average Bonchev–Trinajstić information content (AvgIpc) is 3.16. The number of nitro benzene ring substituents is 1. The first-order valence-electron chi connectivity index (χ1n) is 16.2. The Morgan fingerprint density at radius 2 is 1.42 bits per heavy atom. The highest BCUT2D eigenvalue weighted by Gasteiger charge is 2.32. The Morgan fingerprint density at radius 1 is 0.769 bits per heavy atom. The number of nitrogens with zero attached hydrogens (tertiary/aromatic N) is 1. The summed E-state index contributed by atoms with van der Waals surface area (Å²) in [5, 5.41) is 18.8. The molecule has 11 nitrogen and oxygen atoms in total. The molecule has 0 fully saturated rings. The lowest BCUT2D eigenvalue weighted by atomic mass is 9.83. The van der Waals surface area contributed by atoms with Crippen molar-refractivity contribution in [3.8, 4) is 0 Å². The van der Waals surface area contributed by atoms with Gasteiger partial charge in [0.05, 0.1) is 21.4 Å². The summed E-state index contributed by atoms with van der Waals surface area (Å²) in [5.41, 5.74) is 2.17. The molecular formula is C40H30N4O7S. The van der Waals surface area contributed by atoms with Crippen molar-refractivity contribution >= 4 is 64.2 Å². The van der Waals surface area contributed by atoms with Crippen LogP contribution in [0.1, 0.15) is 61.1 Å². The molecule has 6 rings (SSSR count). The molecule has 258 valence electrons. The van der Waals surface area contributed by atoms with Gasteiger partial charge in [-0.05, 0) is 66.6 Å². The number of carbonyl (C=O) groups is 5. The fourth-order valence-electron chi connectivity index (χ4n) is 5.60. The summed E-state index contributed by atoms with van der Waals surface area (Å²) >= 11 is 1.25. The van der Waals surface area contributed by atoms with Crippen LogP contribution in [0, 0.1) is 10.1 Å². The van der Waals surface area contributed by atoms with E-state index in [1.54, 1.807) is 97.1 Å². The molecule has 0 spiro atoms. The first-order chi connectivity index (χ1) is 25.1. The molecule has 0 aromatic heterocycles. The number of non-ortho nitro benzene ring substituents is 1. The number of hydrogen-bond donors (Lipinski definition) is 3. The van der Waals surface area contributed by atoms with Crippen LogP contribution >= 0.6 is 11.8 Å². The number of nitro groups is 1. The monoisotopic (exact) mass is 710 g/mol. The summed E-state index contributed by atoms with van der Waals surface area (Å²) in [4.78, 5) is 78.0. The van der Waals surface area contributed by atoms with Crippen molar-refractivity contribution in [1.29, 1.82) is 0 Å². The zero-order valence-electron chi connectivity index (χ0n) is 27.6. The first kappa shape index (κ1) is 35.2. The van der Waals surface area contributed by atoms with Crippen molar-refractivity contribution < 1.29 is 28.9 Å². The predicted molar refractivity (Wildman–Crippen MR) is 198 cm³/mol. The lowest BCUT2D eigenvalue weighted by Crippen LogP contribution is -2.30. The molecular weight excluding hydrogens is 681 g/mol. The van der Waals surface area contributed by atoms with Gasteiger partial charge in [-0.2, -0.15) is 0 Å². The van der Waals surface area contributed by atoms with Crippen LogP contribution in [0.25, 0.3) is 6.08 Å². The van der Waals surface area contributed by atoms with E-state index in [1.807, 2.05) is 6.92 Å². The van der Waals surface area contributed by atoms with Gasteiger partial charge in [0.1, 0.15) is 5.70 Å². The molecule has 0 aliphatic heterocycles. The van der Waals surface area contributed by atoms with E-state index in [-0.39, 0.29) is 51.2 Å². The summed E-state index contributed by atoms with van der Waals surface area (Å²) < 4.78 is 0. The third-order valence-corrected chi connectivity index (χ3v) is 9.55. The van der Waals surface area contributed by atoms with E-state index in [4.69, 9.17) is 0 Å². The second-order valence-electron chi connectivity index (χ2n) is 11.6. The molecule has 0 heterocycles. The number of fused-ring (bicyclic) bond motifs is 2. The molecule has 0 radical (unpaired) electrons. The molecule has 1 aliphatic carbocycles. The molecule has 5 aromatic carbocycles. The van der Waals surface area contributed by atoms with E-state index < -0.39 is 22.0 Å². The number of carbonyl (C=O) groups excluding carboxylic acids is 5. The Hall–Kier alpha value is -6.66. The molecule has 0 bridgehead atoms. The fourth-order valence-corrected chi connectivity index (χ4v) is 6.61. The number of hydrogen-bond acceptors (Lipinski definition) is 8. The third kappa shape index (κ3) is 7.72. The van der Waals surface area contributed by atoms with Crippen molar-refractivity contribution in [2.45, 2.75) is 23.5 Å². The Kier molecular flexibility index (Phi) is 10.5. The molecule has 52 heavy (non-hydrogen) atoms. The molecule has 3 amide bonds. The van der Waals surface area contributed by atoms with Gasteiger partial charge >= 0.3 is 0 Å². The van der Waals surface area contributed by atoms with Crippen LogP contribution in [0.3, 0.4) is 0 Å². The van der Waals surface area contributed by atoms with E-state index >= 15 is 0 Å². The number of thioether (sulfide) groups is 1. The summed E-state index contributed by atoms with van der Waals surface area (Å²) in [6.45, 7) is 1.85. The zero-order valence-corrected chi connectivity index (χ0v) is 28.4. The Labute approximate surface area is 302 Å². The van der Waals surface area contributed by atoms with Crippen LogP contribution in [0.5, 0.6) is 0 Å². The van der Waals surface area contributed by atoms with Gasteiger partial charge in [-0.25, -0.2) is 0 Å². The normalized spacial score (nSPS) is 12.6. The maximum Gasteiger partial charge on any atom is 0.272 e. The SMILES string of the molecule is CCC(Sc1cccc(NC(=O)/C(=C\c2ccc([N+](=O)[O-])cc2)NC(=O)c2ccccc2)c1)C(=O)Nc1cccc2c1C(=O)c1ccccc1C2=O. The minimum atomic E-state index is -0.649. The lowest BCUT2D eigenvalue weighted by Gasteiger charge is -2.21. The molecule has 1 aliphatic rings. The van der Waals surface area contributed by atoms with Gasteiger partial charge in [-0.1, -0.05) is 67.6 Å². The standard InChI is InChI=1S/C40H30N4O7S/c1-2-34(40(49)42-32-17-9-16-31-35(32)37(46)30-15-7-6-14-29(30)36(31)45)52-28-13-8-12-26(23-28)41-39(48)33(43-38(47)25-10-4-3-5-11-25)22-24-18-20-27(21-19-24)44(50)51/h3-23,34H,2H2,1H3,(H,41,48)(H,42,49)(H,43,47)/b33-22+. The number of amides is 3. The van der Waals surface area contributed by atoms with Crippen LogP contribution in [0.4, 0.5) is 17.1 Å². The van der Waals surface area contributed by atoms with Crippen LogP contribution < -0.4 is 16.0 Å². The minimum Gasteiger partial charge on any atom is -0.324 e. The number of nitrogens with one attached hydrogen (secondary N) is 3. The predicted octanol–water partition coefficient (Wildman–Crippen LogP) is 7.29. The highest BCUT2D eigenvalue weighted by molar-refractivity contribution is 8.00. The topological polar surface area (TPSA) is 165 Å². The van der Waals surface area contributed by atoms with Gasteiger partial charge in [0.15, 0.2) is 11.6 Å². The fraction of sp³-hybridized carbons (Fsp3) is 0.0750. The van der Waals surface area contributed by atoms with Crippen molar-refractivity contribution in [1.82, 2.24) is 5.32 Å². The van der Waals surface area contributed by atoms with Gasteiger partial charge in [0, 0.05) is 45.0 Å². The van der Waals surface area contributed by atoms with E-state index in [2.05, 4.69) is 16.0 Å². The summed E-state index contributed by atoms with van der Waals surface area (Å²) in [6, 6.07) is 32.1. The second kappa shape index (κ2) is 15.5. The van der Waals surface area contributed by atoms with E-state index in [9.17, 15) is 34.1 Å². The molecule has 0 saturated carbocycles. The number of anilines is 2. The van der Waals surface area contributed by atoms with E-state index in [1.165, 1.54) is 42.1 Å². The van der Waals surface area contributed by atoms with Gasteiger partial charge in [-0.3, -0.25) is 34.1 Å². The Morgan fingerprint density at radius 3 is 2.12 bits per heavy atom. The maximum absolute atomic E-state index is 13.6. The van der Waals surface area contributed by atoms with Gasteiger partial charge < -0.3 is 16.0 Å². The van der Waals surface area contributed by atoms with Gasteiger partial charge in [-0.15, -0.1) is 11.8 Å². The van der Waals surface area contributed by atoms with E-state index in [0.717, 1.165) is 0 Å². The lowest BCUT2D eigenvalue weighted by molar-refractivity contribution is -0.384. The number of benzene rings is 5.